The van der Waals surface area contributed by atoms with E-state index in [1.54, 1.807) is 25.6 Å². The molecular weight excluding hydrogens is 376 g/mol. The van der Waals surface area contributed by atoms with Crippen molar-refractivity contribution in [1.29, 1.82) is 5.26 Å². The molecule has 4 N–H and O–H groups in total. The predicted octanol–water partition coefficient (Wildman–Crippen LogP) is 4.80. The molecule has 0 unspecified atom stereocenters. The fraction of sp³-hybridized carbons (Fsp3) is 0.348. The van der Waals surface area contributed by atoms with Crippen LogP contribution < -0.4 is 16.2 Å². The van der Waals surface area contributed by atoms with Crippen LogP contribution in [0.2, 0.25) is 0 Å². The average molecular weight is 411 g/mol. The van der Waals surface area contributed by atoms with Crippen molar-refractivity contribution in [3.63, 3.8) is 0 Å². The number of allylic oxidation sites excluding steroid dienone is 1. The topological polar surface area (TPSA) is 116 Å². The number of rotatable bonds is 2. The van der Waals surface area contributed by atoms with Gasteiger partial charge in [-0.05, 0) is 37.3 Å². The fourth-order valence-electron chi connectivity index (χ4n) is 2.54. The number of methoxy groups -OCH3 is 1. The van der Waals surface area contributed by atoms with E-state index in [0.29, 0.717) is 17.1 Å². The average Bonchev–Trinajstić information content (AvgIpc) is 3.18. The third-order valence-corrected chi connectivity index (χ3v) is 4.06. The largest absolute Gasteiger partial charge is 0.481 e. The molecule has 0 spiro atoms. The van der Waals surface area contributed by atoms with E-state index >= 15 is 0 Å². The summed E-state index contributed by atoms with van der Waals surface area (Å²) in [5.74, 6) is 0.533. The summed E-state index contributed by atoms with van der Waals surface area (Å²) in [6.07, 6.45) is 6.63. The van der Waals surface area contributed by atoms with Crippen LogP contribution in [0.1, 0.15) is 51.3 Å². The standard InChI is InChI=1S/C10H9N3.C9H13N3O.2C2H6/c1-7-8(5-11)6-12-9-3-4-13(2)10(7)9;1-6(4-10)7-3-9(13-2)12-5-8(7)11;2*1-2/h3-4,6H,1-2H3;3-5H,10-11H2,1-2H3;2*1-2H3/b;6-4-;;. The molecule has 0 saturated carbocycles. The van der Waals surface area contributed by atoms with Gasteiger partial charge in [0, 0.05) is 31.1 Å². The molecular formula is C23H34N6O. The van der Waals surface area contributed by atoms with Crippen LogP contribution in [0, 0.1) is 18.3 Å². The maximum atomic E-state index is 8.81. The number of nitrogens with zero attached hydrogens (tertiary/aromatic N) is 4. The number of fused-ring (bicyclic) bond motifs is 1. The summed E-state index contributed by atoms with van der Waals surface area (Å²) in [4.78, 5) is 8.15. The van der Waals surface area contributed by atoms with Crippen LogP contribution in [0.4, 0.5) is 5.69 Å². The van der Waals surface area contributed by atoms with Gasteiger partial charge in [0.15, 0.2) is 0 Å². The van der Waals surface area contributed by atoms with Crippen LogP contribution in [-0.4, -0.2) is 21.6 Å². The molecule has 0 aliphatic rings. The van der Waals surface area contributed by atoms with Crippen molar-refractivity contribution in [2.45, 2.75) is 41.5 Å². The van der Waals surface area contributed by atoms with Gasteiger partial charge in [0.05, 0.1) is 35.6 Å². The molecule has 162 valence electrons. The summed E-state index contributed by atoms with van der Waals surface area (Å²) < 4.78 is 6.95. The number of ether oxygens (including phenoxy) is 1. The number of nitrogen functional groups attached to an aromatic ring is 1. The summed E-state index contributed by atoms with van der Waals surface area (Å²) in [6.45, 7) is 11.8. The van der Waals surface area contributed by atoms with E-state index in [1.165, 1.54) is 6.20 Å². The van der Waals surface area contributed by atoms with Gasteiger partial charge in [0.25, 0.3) is 0 Å². The molecule has 0 fully saturated rings. The van der Waals surface area contributed by atoms with Gasteiger partial charge < -0.3 is 20.8 Å². The van der Waals surface area contributed by atoms with Gasteiger partial charge in [-0.3, -0.25) is 4.98 Å². The van der Waals surface area contributed by atoms with Crippen molar-refractivity contribution in [3.8, 4) is 11.9 Å². The SMILES string of the molecule is CC.CC.COc1cc(/C(C)=C\N)c(N)cn1.Cc1c(C#N)cnc2ccn(C)c12. The Morgan fingerprint density at radius 3 is 2.37 bits per heavy atom. The third kappa shape index (κ3) is 6.52. The molecule has 0 atom stereocenters. The second kappa shape index (κ2) is 13.6. The third-order valence-electron chi connectivity index (χ3n) is 4.06. The predicted molar refractivity (Wildman–Crippen MR) is 126 cm³/mol. The molecule has 3 aromatic rings. The van der Waals surface area contributed by atoms with Crippen molar-refractivity contribution in [2.75, 3.05) is 12.8 Å². The van der Waals surface area contributed by atoms with Crippen molar-refractivity contribution < 1.29 is 4.74 Å². The first-order valence-corrected chi connectivity index (χ1v) is 9.92. The Bertz CT molecular complexity index is 999. The minimum Gasteiger partial charge on any atom is -0.481 e. The van der Waals surface area contributed by atoms with E-state index in [9.17, 15) is 0 Å². The lowest BCUT2D eigenvalue weighted by Crippen LogP contribution is -1.97. The lowest BCUT2D eigenvalue weighted by molar-refractivity contribution is 0.398. The van der Waals surface area contributed by atoms with Crippen LogP contribution in [0.25, 0.3) is 16.6 Å². The zero-order valence-electron chi connectivity index (χ0n) is 19.3. The monoisotopic (exact) mass is 410 g/mol. The van der Waals surface area contributed by atoms with Crippen molar-refractivity contribution in [1.82, 2.24) is 14.5 Å². The maximum Gasteiger partial charge on any atom is 0.213 e. The molecule has 0 aliphatic heterocycles. The minimum atomic E-state index is 0.533. The fourth-order valence-corrected chi connectivity index (χ4v) is 2.54. The Balaban J connectivity index is 0.000000481. The van der Waals surface area contributed by atoms with Crippen molar-refractivity contribution >= 4 is 22.3 Å². The second-order valence-electron chi connectivity index (χ2n) is 5.73. The first-order chi connectivity index (χ1) is 14.4. The molecule has 0 aliphatic carbocycles. The van der Waals surface area contributed by atoms with E-state index in [1.807, 2.05) is 65.4 Å². The van der Waals surface area contributed by atoms with Gasteiger partial charge in [0.1, 0.15) is 6.07 Å². The number of aromatic nitrogens is 3. The van der Waals surface area contributed by atoms with Crippen LogP contribution in [0.15, 0.2) is 36.9 Å². The van der Waals surface area contributed by atoms with E-state index in [-0.39, 0.29) is 0 Å². The molecule has 0 radical (unpaired) electrons. The number of hydrogen-bond donors (Lipinski definition) is 2. The number of nitriles is 1. The maximum absolute atomic E-state index is 8.81. The van der Waals surface area contributed by atoms with Crippen LogP contribution in [-0.2, 0) is 7.05 Å². The van der Waals surface area contributed by atoms with E-state index in [2.05, 4.69) is 16.0 Å². The molecule has 0 aromatic carbocycles. The molecule has 3 heterocycles. The van der Waals surface area contributed by atoms with E-state index in [4.69, 9.17) is 21.5 Å². The second-order valence-corrected chi connectivity index (χ2v) is 5.73. The molecule has 0 saturated heterocycles. The highest BCUT2D eigenvalue weighted by Gasteiger charge is 2.06. The normalized spacial score (nSPS) is 9.77. The molecule has 0 bridgehead atoms. The first kappa shape index (κ1) is 26.5. The molecule has 3 rings (SSSR count). The highest BCUT2D eigenvalue weighted by atomic mass is 16.5. The smallest absolute Gasteiger partial charge is 0.213 e. The Labute approximate surface area is 180 Å². The Hall–Kier alpha value is -3.53. The van der Waals surface area contributed by atoms with Crippen molar-refractivity contribution in [3.05, 3.63) is 53.6 Å². The Morgan fingerprint density at radius 1 is 1.20 bits per heavy atom. The highest BCUT2D eigenvalue weighted by molar-refractivity contribution is 5.81. The van der Waals surface area contributed by atoms with E-state index < -0.39 is 0 Å². The quantitative estimate of drug-likeness (QED) is 0.627. The number of nitrogens with two attached hydrogens (primary N) is 2. The lowest BCUT2D eigenvalue weighted by Gasteiger charge is -2.06. The van der Waals surface area contributed by atoms with Gasteiger partial charge in [0.2, 0.25) is 5.88 Å². The van der Waals surface area contributed by atoms with Gasteiger partial charge in [-0.1, -0.05) is 27.7 Å². The van der Waals surface area contributed by atoms with Crippen LogP contribution >= 0.6 is 0 Å². The van der Waals surface area contributed by atoms with E-state index in [0.717, 1.165) is 27.7 Å². The number of aryl methyl sites for hydroxylation is 2. The number of anilines is 1. The van der Waals surface area contributed by atoms with Crippen LogP contribution in [0.3, 0.4) is 0 Å². The summed E-state index contributed by atoms with van der Waals surface area (Å²) >= 11 is 0. The molecule has 7 heteroatoms. The molecule has 7 nitrogen and oxygen atoms in total. The van der Waals surface area contributed by atoms with Crippen LogP contribution in [0.5, 0.6) is 5.88 Å². The van der Waals surface area contributed by atoms with Gasteiger partial charge in [-0.25, -0.2) is 4.98 Å². The summed E-state index contributed by atoms with van der Waals surface area (Å²) in [5, 5.41) is 8.81. The van der Waals surface area contributed by atoms with Gasteiger partial charge in [-0.15, -0.1) is 0 Å². The molecule has 3 aromatic heterocycles. The van der Waals surface area contributed by atoms with Crippen molar-refractivity contribution in [2.24, 2.45) is 12.8 Å². The zero-order chi connectivity index (χ0) is 23.3. The first-order valence-electron chi connectivity index (χ1n) is 9.92. The Kier molecular flexibility index (Phi) is 12.0. The number of pyridine rings is 2. The number of hydrogen-bond acceptors (Lipinski definition) is 6. The zero-order valence-corrected chi connectivity index (χ0v) is 19.3. The van der Waals surface area contributed by atoms with Gasteiger partial charge >= 0.3 is 0 Å². The summed E-state index contributed by atoms with van der Waals surface area (Å²) in [6, 6.07) is 5.83. The highest BCUT2D eigenvalue weighted by Crippen LogP contribution is 2.23. The lowest BCUT2D eigenvalue weighted by atomic mass is 10.1. The summed E-state index contributed by atoms with van der Waals surface area (Å²) in [7, 11) is 3.52. The molecule has 0 amide bonds. The Morgan fingerprint density at radius 2 is 1.83 bits per heavy atom. The van der Waals surface area contributed by atoms with Gasteiger partial charge in [-0.2, -0.15) is 5.26 Å². The molecule has 30 heavy (non-hydrogen) atoms. The summed E-state index contributed by atoms with van der Waals surface area (Å²) in [5.41, 5.74) is 17.1. The minimum absolute atomic E-state index is 0.533.